The normalized spacial score (nSPS) is 12.8. The molecule has 0 heterocycles. The Morgan fingerprint density at radius 2 is 1.94 bits per heavy atom. The van der Waals surface area contributed by atoms with Gasteiger partial charge in [-0.15, -0.1) is 0 Å². The van der Waals surface area contributed by atoms with Crippen molar-refractivity contribution in [1.29, 1.82) is 0 Å². The first-order chi connectivity index (χ1) is 8.60. The van der Waals surface area contributed by atoms with E-state index in [1.54, 1.807) is 24.3 Å². The first-order valence-electron chi connectivity index (χ1n) is 6.01. The molecule has 0 amide bonds. The van der Waals surface area contributed by atoms with Gasteiger partial charge in [0.2, 0.25) is 0 Å². The summed E-state index contributed by atoms with van der Waals surface area (Å²) in [7, 11) is 0. The van der Waals surface area contributed by atoms with Crippen molar-refractivity contribution < 1.29 is 19.0 Å². The number of aliphatic hydroxyl groups excluding tert-OH is 2. The zero-order chi connectivity index (χ0) is 13.5. The van der Waals surface area contributed by atoms with Crippen molar-refractivity contribution >= 4 is 5.69 Å². The standard InChI is InChI=1S/C13H19F2NO2/c1-2-12(18)10-5-3-4-6-11(10)16(7-8-17)9-13(14)15/h3-6,12-13,17-18H,2,7-9H2,1H3. The Labute approximate surface area is 106 Å². The van der Waals surface area contributed by atoms with Gasteiger partial charge in [0.25, 0.3) is 6.43 Å². The Morgan fingerprint density at radius 1 is 1.28 bits per heavy atom. The van der Waals surface area contributed by atoms with E-state index in [1.807, 2.05) is 6.92 Å². The third kappa shape index (κ3) is 3.92. The number of nitrogens with zero attached hydrogens (tertiary/aromatic N) is 1. The minimum Gasteiger partial charge on any atom is -0.395 e. The lowest BCUT2D eigenvalue weighted by Gasteiger charge is -2.27. The molecule has 1 aromatic carbocycles. The van der Waals surface area contributed by atoms with E-state index in [0.29, 0.717) is 17.7 Å². The van der Waals surface area contributed by atoms with E-state index in [1.165, 1.54) is 4.90 Å². The van der Waals surface area contributed by atoms with Crippen LogP contribution in [0.15, 0.2) is 24.3 Å². The van der Waals surface area contributed by atoms with Gasteiger partial charge in [0.05, 0.1) is 19.3 Å². The predicted molar refractivity (Wildman–Crippen MR) is 67.0 cm³/mol. The quantitative estimate of drug-likeness (QED) is 0.789. The second kappa shape index (κ2) is 7.28. The lowest BCUT2D eigenvalue weighted by Crippen LogP contribution is -2.32. The van der Waals surface area contributed by atoms with Crippen LogP contribution in [-0.2, 0) is 0 Å². The fourth-order valence-electron chi connectivity index (χ4n) is 1.87. The monoisotopic (exact) mass is 259 g/mol. The van der Waals surface area contributed by atoms with Gasteiger partial charge in [0, 0.05) is 17.8 Å². The summed E-state index contributed by atoms with van der Waals surface area (Å²) in [4.78, 5) is 1.40. The second-order valence-electron chi connectivity index (χ2n) is 4.04. The van der Waals surface area contributed by atoms with Crippen molar-refractivity contribution in [1.82, 2.24) is 0 Å². The van der Waals surface area contributed by atoms with Gasteiger partial charge in [-0.05, 0) is 12.5 Å². The Hall–Kier alpha value is -1.20. The van der Waals surface area contributed by atoms with Crippen LogP contribution in [0.4, 0.5) is 14.5 Å². The van der Waals surface area contributed by atoms with Gasteiger partial charge in [-0.3, -0.25) is 0 Å². The number of hydrogen-bond donors (Lipinski definition) is 2. The molecule has 5 heteroatoms. The maximum absolute atomic E-state index is 12.5. The largest absolute Gasteiger partial charge is 0.395 e. The molecule has 0 fully saturated rings. The molecule has 0 aliphatic heterocycles. The first-order valence-corrected chi connectivity index (χ1v) is 6.01. The summed E-state index contributed by atoms with van der Waals surface area (Å²) in [6.45, 7) is 1.29. The van der Waals surface area contributed by atoms with E-state index in [9.17, 15) is 13.9 Å². The lowest BCUT2D eigenvalue weighted by atomic mass is 10.0. The van der Waals surface area contributed by atoms with Gasteiger partial charge in [0.1, 0.15) is 0 Å². The summed E-state index contributed by atoms with van der Waals surface area (Å²) >= 11 is 0. The maximum Gasteiger partial charge on any atom is 0.255 e. The van der Waals surface area contributed by atoms with E-state index in [-0.39, 0.29) is 13.2 Å². The molecule has 0 radical (unpaired) electrons. The van der Waals surface area contributed by atoms with E-state index in [4.69, 9.17) is 5.11 Å². The molecule has 1 rings (SSSR count). The van der Waals surface area contributed by atoms with Crippen LogP contribution >= 0.6 is 0 Å². The Morgan fingerprint density at radius 3 is 2.50 bits per heavy atom. The van der Waals surface area contributed by atoms with Gasteiger partial charge in [-0.25, -0.2) is 8.78 Å². The summed E-state index contributed by atoms with van der Waals surface area (Å²) < 4.78 is 25.0. The zero-order valence-electron chi connectivity index (χ0n) is 10.4. The van der Waals surface area contributed by atoms with E-state index >= 15 is 0 Å². The molecule has 0 aliphatic rings. The second-order valence-corrected chi connectivity index (χ2v) is 4.04. The molecule has 0 saturated heterocycles. The van der Waals surface area contributed by atoms with Gasteiger partial charge >= 0.3 is 0 Å². The molecule has 1 unspecified atom stereocenters. The molecular formula is C13H19F2NO2. The highest BCUT2D eigenvalue weighted by molar-refractivity contribution is 5.54. The fraction of sp³-hybridized carbons (Fsp3) is 0.538. The van der Waals surface area contributed by atoms with Crippen LogP contribution in [0.2, 0.25) is 0 Å². The number of rotatable bonds is 7. The predicted octanol–water partition coefficient (Wildman–Crippen LogP) is 2.19. The van der Waals surface area contributed by atoms with Crippen LogP contribution in [0.5, 0.6) is 0 Å². The summed E-state index contributed by atoms with van der Waals surface area (Å²) in [6.07, 6.45) is -2.65. The van der Waals surface area contributed by atoms with Crippen LogP contribution in [0.3, 0.4) is 0 Å². The fourth-order valence-corrected chi connectivity index (χ4v) is 1.87. The molecule has 102 valence electrons. The molecular weight excluding hydrogens is 240 g/mol. The highest BCUT2D eigenvalue weighted by Crippen LogP contribution is 2.28. The molecule has 3 nitrogen and oxygen atoms in total. The summed E-state index contributed by atoms with van der Waals surface area (Å²) in [5.41, 5.74) is 1.18. The first kappa shape index (κ1) is 14.9. The van der Waals surface area contributed by atoms with Gasteiger partial charge in [-0.1, -0.05) is 25.1 Å². The third-order valence-corrected chi connectivity index (χ3v) is 2.75. The average molecular weight is 259 g/mol. The molecule has 0 spiro atoms. The van der Waals surface area contributed by atoms with Crippen LogP contribution in [0.1, 0.15) is 25.0 Å². The van der Waals surface area contributed by atoms with Crippen LogP contribution in [0, 0.1) is 0 Å². The summed E-state index contributed by atoms with van der Waals surface area (Å²) in [5.74, 6) is 0. The topological polar surface area (TPSA) is 43.7 Å². The van der Waals surface area contributed by atoms with E-state index in [2.05, 4.69) is 0 Å². The number of benzene rings is 1. The number of para-hydroxylation sites is 1. The van der Waals surface area contributed by atoms with Gasteiger partial charge in [0.15, 0.2) is 0 Å². The molecule has 0 aromatic heterocycles. The number of halogens is 2. The average Bonchev–Trinajstić information content (AvgIpc) is 2.37. The maximum atomic E-state index is 12.5. The smallest absolute Gasteiger partial charge is 0.255 e. The number of anilines is 1. The summed E-state index contributed by atoms with van der Waals surface area (Å²) in [6, 6.07) is 6.90. The molecule has 1 aromatic rings. The molecule has 0 aliphatic carbocycles. The van der Waals surface area contributed by atoms with E-state index < -0.39 is 19.1 Å². The zero-order valence-corrected chi connectivity index (χ0v) is 10.4. The van der Waals surface area contributed by atoms with Crippen molar-refractivity contribution in [3.8, 4) is 0 Å². The molecule has 2 N–H and O–H groups in total. The molecule has 18 heavy (non-hydrogen) atoms. The van der Waals surface area contributed by atoms with Gasteiger partial charge in [-0.2, -0.15) is 0 Å². The van der Waals surface area contributed by atoms with E-state index in [0.717, 1.165) is 0 Å². The number of hydrogen-bond acceptors (Lipinski definition) is 3. The van der Waals surface area contributed by atoms with Crippen LogP contribution in [0.25, 0.3) is 0 Å². The minimum atomic E-state index is -2.48. The van der Waals surface area contributed by atoms with Crippen LogP contribution < -0.4 is 4.90 Å². The Bertz CT molecular complexity index is 361. The summed E-state index contributed by atoms with van der Waals surface area (Å²) in [5, 5.41) is 18.8. The number of alkyl halides is 2. The van der Waals surface area contributed by atoms with Gasteiger partial charge < -0.3 is 15.1 Å². The van der Waals surface area contributed by atoms with Crippen molar-refractivity contribution in [2.45, 2.75) is 25.9 Å². The highest BCUT2D eigenvalue weighted by Gasteiger charge is 2.18. The SMILES string of the molecule is CCC(O)c1ccccc1N(CCO)CC(F)F. The van der Waals surface area contributed by atoms with Crippen molar-refractivity contribution in [2.75, 3.05) is 24.6 Å². The highest BCUT2D eigenvalue weighted by atomic mass is 19.3. The Kier molecular flexibility index (Phi) is 6.01. The third-order valence-electron chi connectivity index (χ3n) is 2.75. The molecule has 0 saturated carbocycles. The van der Waals surface area contributed by atoms with Crippen molar-refractivity contribution in [3.05, 3.63) is 29.8 Å². The van der Waals surface area contributed by atoms with Crippen molar-refractivity contribution in [2.24, 2.45) is 0 Å². The number of aliphatic hydroxyl groups is 2. The van der Waals surface area contributed by atoms with Crippen molar-refractivity contribution in [3.63, 3.8) is 0 Å². The molecule has 1 atom stereocenters. The molecule has 0 bridgehead atoms. The van der Waals surface area contributed by atoms with Crippen LogP contribution in [-0.4, -0.2) is 36.3 Å². The Balaban J connectivity index is 3.02. The minimum absolute atomic E-state index is 0.123. The lowest BCUT2D eigenvalue weighted by molar-refractivity contribution is 0.151.